The summed E-state index contributed by atoms with van der Waals surface area (Å²) in [6.45, 7) is 1.40. The van der Waals surface area contributed by atoms with E-state index >= 15 is 0 Å². The van der Waals surface area contributed by atoms with Crippen molar-refractivity contribution < 1.29 is 4.79 Å². The normalized spacial score (nSPS) is 17.2. The largest absolute Gasteiger partial charge is 0.323 e. The van der Waals surface area contributed by atoms with Crippen molar-refractivity contribution >= 4 is 28.1 Å². The second-order valence-electron chi connectivity index (χ2n) is 6.32. The van der Waals surface area contributed by atoms with Crippen LogP contribution in [0.2, 0.25) is 0 Å². The molecule has 0 atom stereocenters. The van der Waals surface area contributed by atoms with Crippen LogP contribution in [0, 0.1) is 0 Å². The molecule has 2 heterocycles. The minimum Gasteiger partial charge on any atom is -0.320 e. The monoisotopic (exact) mass is 339 g/mol. The van der Waals surface area contributed by atoms with Gasteiger partial charge in [0, 0.05) is 18.0 Å². The standard InChI is InChI=1S/C19H21N3OS/c23-19(21-18-20-16-8-4-5-9-17(16)24-18)22-12-10-15(11-13-22)14-6-2-1-3-7-14/h1-3,6-7,10H,4-5,8-9,11-13H2,(H,20,21,23). The minimum absolute atomic E-state index is 0.0375. The van der Waals surface area contributed by atoms with Crippen molar-refractivity contribution in [1.29, 1.82) is 0 Å². The van der Waals surface area contributed by atoms with Crippen LogP contribution in [0.15, 0.2) is 36.4 Å². The highest BCUT2D eigenvalue weighted by atomic mass is 32.1. The number of urea groups is 1. The van der Waals surface area contributed by atoms with Crippen LogP contribution >= 0.6 is 11.3 Å². The molecule has 1 aliphatic heterocycles. The SMILES string of the molecule is O=C(Nc1nc2c(s1)CCCC2)N1CC=C(c2ccccc2)CC1. The summed E-state index contributed by atoms with van der Waals surface area (Å²) in [5, 5.41) is 3.74. The lowest BCUT2D eigenvalue weighted by Gasteiger charge is -2.26. The van der Waals surface area contributed by atoms with E-state index in [-0.39, 0.29) is 6.03 Å². The van der Waals surface area contributed by atoms with Gasteiger partial charge >= 0.3 is 6.03 Å². The summed E-state index contributed by atoms with van der Waals surface area (Å²) in [5.41, 5.74) is 3.76. The minimum atomic E-state index is -0.0375. The second-order valence-corrected chi connectivity index (χ2v) is 7.40. The molecule has 5 heteroatoms. The van der Waals surface area contributed by atoms with E-state index in [9.17, 15) is 4.79 Å². The van der Waals surface area contributed by atoms with Crippen molar-refractivity contribution in [2.75, 3.05) is 18.4 Å². The summed E-state index contributed by atoms with van der Waals surface area (Å²) in [6.07, 6.45) is 7.66. The van der Waals surface area contributed by atoms with Crippen molar-refractivity contribution in [3.63, 3.8) is 0 Å². The number of nitrogens with one attached hydrogen (secondary N) is 1. The Balaban J connectivity index is 1.39. The van der Waals surface area contributed by atoms with Crippen LogP contribution in [0.3, 0.4) is 0 Å². The molecule has 2 amide bonds. The van der Waals surface area contributed by atoms with E-state index in [1.54, 1.807) is 11.3 Å². The molecule has 24 heavy (non-hydrogen) atoms. The van der Waals surface area contributed by atoms with Gasteiger partial charge in [-0.3, -0.25) is 5.32 Å². The molecule has 0 spiro atoms. The summed E-state index contributed by atoms with van der Waals surface area (Å²) >= 11 is 1.64. The maximum Gasteiger partial charge on any atom is 0.323 e. The van der Waals surface area contributed by atoms with Crippen LogP contribution in [0.25, 0.3) is 5.57 Å². The van der Waals surface area contributed by atoms with Gasteiger partial charge < -0.3 is 4.90 Å². The summed E-state index contributed by atoms with van der Waals surface area (Å²) < 4.78 is 0. The third-order valence-electron chi connectivity index (χ3n) is 4.70. The van der Waals surface area contributed by atoms with E-state index in [2.05, 4.69) is 40.6 Å². The van der Waals surface area contributed by atoms with Gasteiger partial charge in [-0.1, -0.05) is 36.4 Å². The van der Waals surface area contributed by atoms with Crippen LogP contribution in [0.1, 0.15) is 35.4 Å². The number of benzene rings is 1. The molecule has 4 nitrogen and oxygen atoms in total. The van der Waals surface area contributed by atoms with Crippen LogP contribution in [0.5, 0.6) is 0 Å². The van der Waals surface area contributed by atoms with Crippen LogP contribution in [-0.2, 0) is 12.8 Å². The average molecular weight is 339 g/mol. The number of aryl methyl sites for hydroxylation is 2. The fraction of sp³-hybridized carbons (Fsp3) is 0.368. The fourth-order valence-corrected chi connectivity index (χ4v) is 4.38. The lowest BCUT2D eigenvalue weighted by Crippen LogP contribution is -2.37. The molecule has 2 aliphatic rings. The first-order valence-corrected chi connectivity index (χ1v) is 9.40. The number of fused-ring (bicyclic) bond motifs is 1. The summed E-state index contributed by atoms with van der Waals surface area (Å²) in [6, 6.07) is 10.4. The smallest absolute Gasteiger partial charge is 0.320 e. The van der Waals surface area contributed by atoms with Gasteiger partial charge in [0.05, 0.1) is 5.69 Å². The number of rotatable bonds is 2. The Morgan fingerprint density at radius 2 is 1.96 bits per heavy atom. The van der Waals surface area contributed by atoms with Gasteiger partial charge in [0.2, 0.25) is 0 Å². The van der Waals surface area contributed by atoms with Crippen LogP contribution < -0.4 is 5.32 Å². The van der Waals surface area contributed by atoms with Crippen molar-refractivity contribution in [2.45, 2.75) is 32.1 Å². The molecule has 2 aromatic rings. The van der Waals surface area contributed by atoms with Crippen molar-refractivity contribution in [1.82, 2.24) is 9.88 Å². The molecule has 4 rings (SSSR count). The van der Waals surface area contributed by atoms with Gasteiger partial charge in [0.15, 0.2) is 5.13 Å². The number of thiazole rings is 1. The summed E-state index contributed by atoms with van der Waals surface area (Å²) in [5.74, 6) is 0. The lowest BCUT2D eigenvalue weighted by atomic mass is 10.00. The Labute approximate surface area is 146 Å². The molecule has 0 radical (unpaired) electrons. The number of hydrogen-bond donors (Lipinski definition) is 1. The fourth-order valence-electron chi connectivity index (χ4n) is 3.34. The number of anilines is 1. The summed E-state index contributed by atoms with van der Waals surface area (Å²) in [4.78, 5) is 20.3. The van der Waals surface area contributed by atoms with Gasteiger partial charge in [-0.15, -0.1) is 11.3 Å². The van der Waals surface area contributed by atoms with Crippen LogP contribution in [0.4, 0.5) is 9.93 Å². The van der Waals surface area contributed by atoms with Gasteiger partial charge in [-0.2, -0.15) is 0 Å². The molecular weight excluding hydrogens is 318 g/mol. The van der Waals surface area contributed by atoms with Gasteiger partial charge in [0.25, 0.3) is 0 Å². The van der Waals surface area contributed by atoms with Crippen LogP contribution in [-0.4, -0.2) is 29.0 Å². The molecule has 0 fully saturated rings. The number of amides is 2. The first-order chi connectivity index (χ1) is 11.8. The van der Waals surface area contributed by atoms with E-state index in [0.29, 0.717) is 6.54 Å². The number of nitrogens with zero attached hydrogens (tertiary/aromatic N) is 2. The third kappa shape index (κ3) is 3.22. The van der Waals surface area contributed by atoms with Crippen molar-refractivity contribution in [2.24, 2.45) is 0 Å². The van der Waals surface area contributed by atoms with E-state index in [4.69, 9.17) is 0 Å². The quantitative estimate of drug-likeness (QED) is 0.884. The number of aromatic nitrogens is 1. The van der Waals surface area contributed by atoms with Gasteiger partial charge in [-0.25, -0.2) is 9.78 Å². The van der Waals surface area contributed by atoms with E-state index in [1.165, 1.54) is 34.5 Å². The Hall–Kier alpha value is -2.14. The van der Waals surface area contributed by atoms with E-state index in [0.717, 1.165) is 30.9 Å². The maximum absolute atomic E-state index is 12.5. The highest BCUT2D eigenvalue weighted by Crippen LogP contribution is 2.30. The molecule has 0 saturated carbocycles. The Bertz CT molecular complexity index is 743. The average Bonchev–Trinajstić information content (AvgIpc) is 3.05. The first kappa shape index (κ1) is 15.4. The molecule has 0 unspecified atom stereocenters. The number of hydrogen-bond acceptors (Lipinski definition) is 3. The molecule has 0 saturated heterocycles. The van der Waals surface area contributed by atoms with E-state index in [1.807, 2.05) is 11.0 Å². The van der Waals surface area contributed by atoms with Gasteiger partial charge in [-0.05, 0) is 43.2 Å². The molecule has 1 aliphatic carbocycles. The number of carbonyl (C=O) groups excluding carboxylic acids is 1. The zero-order chi connectivity index (χ0) is 16.4. The van der Waals surface area contributed by atoms with E-state index < -0.39 is 0 Å². The van der Waals surface area contributed by atoms with Crippen molar-refractivity contribution in [3.8, 4) is 0 Å². The molecule has 1 aromatic carbocycles. The predicted molar refractivity (Wildman–Crippen MR) is 98.4 cm³/mol. The predicted octanol–water partition coefficient (Wildman–Crippen LogP) is 4.34. The molecule has 0 bridgehead atoms. The zero-order valence-electron chi connectivity index (χ0n) is 13.6. The third-order valence-corrected chi connectivity index (χ3v) is 5.77. The molecule has 1 aromatic heterocycles. The molecular formula is C19H21N3OS. The number of carbonyl (C=O) groups is 1. The first-order valence-electron chi connectivity index (χ1n) is 8.58. The topological polar surface area (TPSA) is 45.2 Å². The summed E-state index contributed by atoms with van der Waals surface area (Å²) in [7, 11) is 0. The second kappa shape index (κ2) is 6.77. The zero-order valence-corrected chi connectivity index (χ0v) is 14.4. The lowest BCUT2D eigenvalue weighted by molar-refractivity contribution is 0.217. The Kier molecular flexibility index (Phi) is 4.34. The highest BCUT2D eigenvalue weighted by Gasteiger charge is 2.21. The Morgan fingerprint density at radius 3 is 2.71 bits per heavy atom. The molecule has 124 valence electrons. The maximum atomic E-state index is 12.5. The Morgan fingerprint density at radius 1 is 1.12 bits per heavy atom. The highest BCUT2D eigenvalue weighted by molar-refractivity contribution is 7.15. The van der Waals surface area contributed by atoms with Crippen molar-refractivity contribution in [3.05, 3.63) is 52.5 Å². The molecule has 1 N–H and O–H groups in total. The van der Waals surface area contributed by atoms with Gasteiger partial charge in [0.1, 0.15) is 0 Å².